The van der Waals surface area contributed by atoms with Gasteiger partial charge in [-0.3, -0.25) is 38.5 Å². The molecule has 3 aliphatic rings. The number of rotatable bonds is 31. The Balaban J connectivity index is 1.08. The Hall–Kier alpha value is -5.12. The van der Waals surface area contributed by atoms with E-state index in [0.717, 1.165) is 34.7 Å². The van der Waals surface area contributed by atoms with E-state index in [0.29, 0.717) is 38.6 Å². The third-order valence-corrected chi connectivity index (χ3v) is 14.8. The molecule has 5 rings (SSSR count). The monoisotopic (exact) mass is 1010 g/mol. The second-order valence-corrected chi connectivity index (χ2v) is 19.5. The van der Waals surface area contributed by atoms with Gasteiger partial charge >= 0.3 is 0 Å². The quantitative estimate of drug-likeness (QED) is 0.0729. The number of carbonyl (C=O) groups is 7. The zero-order chi connectivity index (χ0) is 51.3. The first-order valence-electron chi connectivity index (χ1n) is 24.9. The SMILES string of the molecule is CC[C@H](C)[C@@H]([C@@H](CC(=O)N1CCC[C@H]1[C@H](OC)[C@@H](C)C(=O)N[C@@H](Cc1ccccc1)c1nccs1)OC)N(C)C(=O)CNC(=O)C1(NC(=O)CCOCCOCCOCCN2C(=O)C=CC2=O)CCCC1. The van der Waals surface area contributed by atoms with Crippen molar-refractivity contribution in [3.05, 3.63) is 64.6 Å². The Morgan fingerprint density at radius 3 is 2.18 bits per heavy atom. The smallest absolute Gasteiger partial charge is 0.253 e. The number of hydrogen-bond donors (Lipinski definition) is 3. The van der Waals surface area contributed by atoms with Crippen LogP contribution in [0.5, 0.6) is 0 Å². The second kappa shape index (κ2) is 28.8. The molecule has 2 aliphatic heterocycles. The van der Waals surface area contributed by atoms with E-state index in [1.54, 1.807) is 30.2 Å². The molecule has 2 aromatic rings. The highest BCUT2D eigenvalue weighted by atomic mass is 32.1. The Morgan fingerprint density at radius 1 is 0.901 bits per heavy atom. The summed E-state index contributed by atoms with van der Waals surface area (Å²) in [6.07, 6.45) is 7.93. The minimum atomic E-state index is -1.15. The normalized spacial score (nSPS) is 19.0. The van der Waals surface area contributed by atoms with E-state index in [1.807, 2.05) is 56.5 Å². The number of methoxy groups -OCH3 is 2. The molecule has 0 radical (unpaired) electrons. The lowest BCUT2D eigenvalue weighted by Gasteiger charge is -2.39. The predicted molar refractivity (Wildman–Crippen MR) is 265 cm³/mol. The van der Waals surface area contributed by atoms with Crippen LogP contribution in [0.1, 0.15) is 95.2 Å². The van der Waals surface area contributed by atoms with Crippen molar-refractivity contribution < 1.29 is 57.2 Å². The Bertz CT molecular complexity index is 2050. The minimum absolute atomic E-state index is 0.0137. The van der Waals surface area contributed by atoms with Crippen LogP contribution < -0.4 is 16.0 Å². The van der Waals surface area contributed by atoms with Gasteiger partial charge in [-0.1, -0.05) is 70.4 Å². The average molecular weight is 1010 g/mol. The fraction of sp³-hybridized carbons (Fsp3) is 0.647. The number of benzene rings is 1. The highest BCUT2D eigenvalue weighted by molar-refractivity contribution is 7.09. The number of nitrogens with one attached hydrogen (secondary N) is 3. The maximum absolute atomic E-state index is 14.3. The molecule has 3 N–H and O–H groups in total. The molecule has 1 aliphatic carbocycles. The van der Waals surface area contributed by atoms with Gasteiger partial charge in [0.1, 0.15) is 10.5 Å². The second-order valence-electron chi connectivity index (χ2n) is 18.5. The van der Waals surface area contributed by atoms with Crippen molar-refractivity contribution in [3.8, 4) is 0 Å². The number of likely N-dealkylation sites (tertiary alicyclic amines) is 1. The van der Waals surface area contributed by atoms with Crippen LogP contribution in [-0.4, -0.2) is 171 Å². The number of carbonyl (C=O) groups excluding carboxylic acids is 7. The van der Waals surface area contributed by atoms with Gasteiger partial charge in [0.25, 0.3) is 11.8 Å². The highest BCUT2D eigenvalue weighted by Gasteiger charge is 2.44. The molecule has 0 spiro atoms. The molecule has 2 fully saturated rings. The third-order valence-electron chi connectivity index (χ3n) is 13.9. The maximum Gasteiger partial charge on any atom is 0.253 e. The highest BCUT2D eigenvalue weighted by Crippen LogP contribution is 2.32. The molecular weight excluding hydrogens is 935 g/mol. The summed E-state index contributed by atoms with van der Waals surface area (Å²) >= 11 is 1.49. The van der Waals surface area contributed by atoms with Crippen LogP contribution in [0.4, 0.5) is 0 Å². The van der Waals surface area contributed by atoms with Gasteiger partial charge < -0.3 is 49.4 Å². The summed E-state index contributed by atoms with van der Waals surface area (Å²) in [5.74, 6) is -2.88. The van der Waals surface area contributed by atoms with E-state index in [-0.39, 0.29) is 119 Å². The summed E-state index contributed by atoms with van der Waals surface area (Å²) in [7, 11) is 4.76. The van der Waals surface area contributed by atoms with Gasteiger partial charge in [0.05, 0.1) is 95.4 Å². The summed E-state index contributed by atoms with van der Waals surface area (Å²) in [5, 5.41) is 11.6. The van der Waals surface area contributed by atoms with Crippen molar-refractivity contribution in [2.45, 2.75) is 121 Å². The van der Waals surface area contributed by atoms with Crippen LogP contribution >= 0.6 is 11.3 Å². The van der Waals surface area contributed by atoms with E-state index in [4.69, 9.17) is 23.7 Å². The standard InChI is InChI=1S/C51H75N7O12S/c1-7-35(2)46(40(66-5)33-44(62)57-23-13-16-39(57)47(67-6)36(3)48(64)54-38(49-52-22-31-71-49)32-37-14-9-8-10-15-37)56(4)45(63)34-53-50(65)51(20-11-12-21-51)55-41(59)19-25-68-27-29-70-30-28-69-26-24-58-42(60)17-18-43(58)61/h8-10,14-15,17-18,22,31,35-36,38-40,46-47H,7,11-13,16,19-21,23-30,32-34H2,1-6H3,(H,53,65)(H,54,64)(H,55,59)/t35-,36+,38-,39-,40+,46-,47+/m0/s1. The molecule has 7 amide bonds. The van der Waals surface area contributed by atoms with Crippen molar-refractivity contribution in [2.24, 2.45) is 11.8 Å². The van der Waals surface area contributed by atoms with E-state index < -0.39 is 35.6 Å². The topological polar surface area (TPSA) is 224 Å². The Kier molecular flexibility index (Phi) is 23.0. The number of aromatic nitrogens is 1. The van der Waals surface area contributed by atoms with Gasteiger partial charge in [0.2, 0.25) is 29.5 Å². The van der Waals surface area contributed by atoms with E-state index in [9.17, 15) is 33.6 Å². The van der Waals surface area contributed by atoms with Crippen molar-refractivity contribution in [1.82, 2.24) is 35.6 Å². The molecule has 3 heterocycles. The van der Waals surface area contributed by atoms with Crippen LogP contribution in [-0.2, 0) is 63.7 Å². The third kappa shape index (κ3) is 16.2. The number of imide groups is 1. The van der Waals surface area contributed by atoms with Gasteiger partial charge in [-0.25, -0.2) is 4.98 Å². The summed E-state index contributed by atoms with van der Waals surface area (Å²) < 4.78 is 28.5. The van der Waals surface area contributed by atoms with Crippen molar-refractivity contribution >= 4 is 52.7 Å². The molecular formula is C51H75N7O12S. The van der Waals surface area contributed by atoms with Crippen molar-refractivity contribution in [3.63, 3.8) is 0 Å². The summed E-state index contributed by atoms with van der Waals surface area (Å²) in [6.45, 7) is 7.58. The summed E-state index contributed by atoms with van der Waals surface area (Å²) in [5.41, 5.74) is -0.0846. The lowest BCUT2D eigenvalue weighted by atomic mass is 9.90. The number of likely N-dealkylation sites (N-methyl/N-ethyl adjacent to an activating group) is 1. The minimum Gasteiger partial charge on any atom is -0.379 e. The molecule has 19 nitrogen and oxygen atoms in total. The molecule has 1 aromatic carbocycles. The number of thiazole rings is 1. The van der Waals surface area contributed by atoms with Gasteiger partial charge in [-0.05, 0) is 43.6 Å². The first-order valence-corrected chi connectivity index (χ1v) is 25.8. The molecule has 71 heavy (non-hydrogen) atoms. The van der Waals surface area contributed by atoms with Crippen molar-refractivity contribution in [1.29, 1.82) is 0 Å². The zero-order valence-corrected chi connectivity index (χ0v) is 43.1. The Morgan fingerprint density at radius 2 is 1.56 bits per heavy atom. The molecule has 0 unspecified atom stereocenters. The number of nitrogens with zero attached hydrogens (tertiary/aromatic N) is 4. The zero-order valence-electron chi connectivity index (χ0n) is 42.3. The largest absolute Gasteiger partial charge is 0.379 e. The fourth-order valence-corrected chi connectivity index (χ4v) is 10.5. The van der Waals surface area contributed by atoms with Gasteiger partial charge in [-0.15, -0.1) is 11.3 Å². The van der Waals surface area contributed by atoms with Crippen LogP contribution in [0.3, 0.4) is 0 Å². The summed E-state index contributed by atoms with van der Waals surface area (Å²) in [6, 6.07) is 8.72. The van der Waals surface area contributed by atoms with Crippen molar-refractivity contribution in [2.75, 3.05) is 80.5 Å². The predicted octanol–water partition coefficient (Wildman–Crippen LogP) is 3.37. The van der Waals surface area contributed by atoms with Crippen LogP contribution in [0.2, 0.25) is 0 Å². The lowest BCUT2D eigenvalue weighted by molar-refractivity contribution is -0.146. The first-order chi connectivity index (χ1) is 34.2. The van der Waals surface area contributed by atoms with Crippen LogP contribution in [0, 0.1) is 11.8 Å². The average Bonchev–Trinajstić information content (AvgIpc) is 4.23. The van der Waals surface area contributed by atoms with Gasteiger partial charge in [0, 0.05) is 58.0 Å². The molecule has 1 saturated carbocycles. The maximum atomic E-state index is 14.3. The van der Waals surface area contributed by atoms with E-state index in [2.05, 4.69) is 20.9 Å². The Labute approximate surface area is 422 Å². The number of ether oxygens (including phenoxy) is 5. The first kappa shape index (κ1) is 56.8. The number of amides is 7. The van der Waals surface area contributed by atoms with Crippen LogP contribution in [0.25, 0.3) is 0 Å². The number of hydrogen-bond acceptors (Lipinski definition) is 14. The van der Waals surface area contributed by atoms with Crippen LogP contribution in [0.15, 0.2) is 54.1 Å². The molecule has 1 aromatic heterocycles. The molecule has 20 heteroatoms. The summed E-state index contributed by atoms with van der Waals surface area (Å²) in [4.78, 5) is 101. The van der Waals surface area contributed by atoms with Gasteiger partial charge in [-0.2, -0.15) is 0 Å². The molecule has 0 bridgehead atoms. The fourth-order valence-electron chi connectivity index (χ4n) is 9.77. The molecule has 392 valence electrons. The lowest BCUT2D eigenvalue weighted by Crippen LogP contribution is -2.59. The van der Waals surface area contributed by atoms with E-state index >= 15 is 0 Å². The van der Waals surface area contributed by atoms with Gasteiger partial charge in [0.15, 0.2) is 0 Å². The molecule has 7 atom stereocenters. The molecule has 1 saturated heterocycles. The van der Waals surface area contributed by atoms with E-state index in [1.165, 1.54) is 30.6 Å².